The summed E-state index contributed by atoms with van der Waals surface area (Å²) in [5.74, 6) is 0. The van der Waals surface area contributed by atoms with Gasteiger partial charge < -0.3 is 0 Å². The van der Waals surface area contributed by atoms with E-state index in [1.807, 2.05) is 31.2 Å². The van der Waals surface area contributed by atoms with Crippen LogP contribution >= 0.6 is 34.8 Å². The fraction of sp³-hybridized carbons (Fsp3) is 0.0714. The Bertz CT molecular complexity index is 624. The number of halogens is 3. The fourth-order valence-corrected chi connectivity index (χ4v) is 1.98. The van der Waals surface area contributed by atoms with Gasteiger partial charge in [0.1, 0.15) is 0 Å². The molecule has 2 aromatic rings. The highest BCUT2D eigenvalue weighted by molar-refractivity contribution is 6.42. The molecule has 98 valence electrons. The van der Waals surface area contributed by atoms with Crippen LogP contribution in [0.5, 0.6) is 0 Å². The zero-order chi connectivity index (χ0) is 13.8. The van der Waals surface area contributed by atoms with Crippen molar-refractivity contribution < 1.29 is 0 Å². The van der Waals surface area contributed by atoms with E-state index >= 15 is 0 Å². The second-order valence-corrected chi connectivity index (χ2v) is 5.20. The first-order valence-electron chi connectivity index (χ1n) is 5.57. The van der Waals surface area contributed by atoms with Crippen LogP contribution in [0.4, 0.5) is 5.69 Å². The Morgan fingerprint density at radius 3 is 2.47 bits per heavy atom. The third-order valence-electron chi connectivity index (χ3n) is 2.51. The third kappa shape index (κ3) is 3.87. The largest absolute Gasteiger partial charge is 0.278 e. The molecule has 0 aliphatic heterocycles. The molecule has 0 aromatic heterocycles. The van der Waals surface area contributed by atoms with Crippen molar-refractivity contribution in [3.63, 3.8) is 0 Å². The van der Waals surface area contributed by atoms with Crippen molar-refractivity contribution in [1.82, 2.24) is 0 Å². The van der Waals surface area contributed by atoms with Gasteiger partial charge in [-0.2, -0.15) is 5.10 Å². The summed E-state index contributed by atoms with van der Waals surface area (Å²) in [6.45, 7) is 1.89. The van der Waals surface area contributed by atoms with Crippen molar-refractivity contribution in [3.05, 3.63) is 63.1 Å². The van der Waals surface area contributed by atoms with E-state index in [9.17, 15) is 0 Å². The number of nitrogens with zero attached hydrogens (tertiary/aromatic N) is 1. The molecular weight excluding hydrogens is 303 g/mol. The standard InChI is InChI=1S/C14H11Cl3N2/c1-9(10-5-6-13(16)14(17)7-10)18-19-12-4-2-3-11(15)8-12/h2-8,19H,1H3/b18-9-. The zero-order valence-corrected chi connectivity index (χ0v) is 12.4. The van der Waals surface area contributed by atoms with Crippen LogP contribution in [0.15, 0.2) is 47.6 Å². The number of anilines is 1. The summed E-state index contributed by atoms with van der Waals surface area (Å²) in [6, 6.07) is 12.7. The Labute approximate surface area is 127 Å². The summed E-state index contributed by atoms with van der Waals surface area (Å²) in [5, 5.41) is 5.98. The van der Waals surface area contributed by atoms with E-state index in [-0.39, 0.29) is 0 Å². The van der Waals surface area contributed by atoms with Crippen molar-refractivity contribution in [1.29, 1.82) is 0 Å². The van der Waals surface area contributed by atoms with Gasteiger partial charge in [-0.3, -0.25) is 5.43 Å². The molecule has 1 N–H and O–H groups in total. The van der Waals surface area contributed by atoms with Crippen LogP contribution in [0.3, 0.4) is 0 Å². The van der Waals surface area contributed by atoms with Gasteiger partial charge in [-0.1, -0.05) is 46.9 Å². The lowest BCUT2D eigenvalue weighted by atomic mass is 10.1. The summed E-state index contributed by atoms with van der Waals surface area (Å²) >= 11 is 17.7. The minimum atomic E-state index is 0.511. The molecule has 0 amide bonds. The van der Waals surface area contributed by atoms with Crippen LogP contribution in [-0.2, 0) is 0 Å². The van der Waals surface area contributed by atoms with Crippen molar-refractivity contribution in [3.8, 4) is 0 Å². The quantitative estimate of drug-likeness (QED) is 0.588. The van der Waals surface area contributed by atoms with E-state index in [0.29, 0.717) is 15.1 Å². The Kier molecular flexibility index (Phi) is 4.70. The lowest BCUT2D eigenvalue weighted by Gasteiger charge is -2.05. The van der Waals surface area contributed by atoms with Crippen LogP contribution in [-0.4, -0.2) is 5.71 Å². The van der Waals surface area contributed by atoms with Crippen LogP contribution in [0, 0.1) is 0 Å². The Hall–Kier alpha value is -1.22. The first-order valence-corrected chi connectivity index (χ1v) is 6.71. The summed E-state index contributed by atoms with van der Waals surface area (Å²) in [7, 11) is 0. The maximum absolute atomic E-state index is 5.97. The maximum atomic E-state index is 5.97. The van der Waals surface area contributed by atoms with Crippen LogP contribution in [0.25, 0.3) is 0 Å². The van der Waals surface area contributed by atoms with Crippen LogP contribution < -0.4 is 5.43 Å². The van der Waals surface area contributed by atoms with Gasteiger partial charge in [-0.05, 0) is 42.8 Å². The van der Waals surface area contributed by atoms with Gasteiger partial charge in [-0.15, -0.1) is 0 Å². The number of hydrogen-bond acceptors (Lipinski definition) is 2. The summed E-state index contributed by atoms with van der Waals surface area (Å²) < 4.78 is 0. The predicted octanol–water partition coefficient (Wildman–Crippen LogP) is 5.48. The highest BCUT2D eigenvalue weighted by Gasteiger charge is 2.02. The molecule has 2 nitrogen and oxygen atoms in total. The molecule has 0 spiro atoms. The van der Waals surface area contributed by atoms with E-state index in [0.717, 1.165) is 17.0 Å². The molecule has 0 saturated carbocycles. The normalized spacial score (nSPS) is 11.5. The lowest BCUT2D eigenvalue weighted by Crippen LogP contribution is -1.99. The Balaban J connectivity index is 2.16. The topological polar surface area (TPSA) is 24.4 Å². The van der Waals surface area contributed by atoms with Gasteiger partial charge >= 0.3 is 0 Å². The van der Waals surface area contributed by atoms with E-state index in [1.165, 1.54) is 0 Å². The first-order chi connectivity index (χ1) is 9.06. The van der Waals surface area contributed by atoms with Gasteiger partial charge in [0.05, 0.1) is 21.4 Å². The highest BCUT2D eigenvalue weighted by Crippen LogP contribution is 2.23. The number of hydrogen-bond donors (Lipinski definition) is 1. The molecule has 0 heterocycles. The van der Waals surface area contributed by atoms with Crippen molar-refractivity contribution in [2.24, 2.45) is 5.10 Å². The summed E-state index contributed by atoms with van der Waals surface area (Å²) in [5.41, 5.74) is 5.48. The number of nitrogens with one attached hydrogen (secondary N) is 1. The second kappa shape index (κ2) is 6.29. The van der Waals surface area contributed by atoms with Gasteiger partial charge in [0, 0.05) is 5.02 Å². The number of benzene rings is 2. The Morgan fingerprint density at radius 1 is 1.00 bits per heavy atom. The monoisotopic (exact) mass is 312 g/mol. The van der Waals surface area contributed by atoms with E-state index in [1.54, 1.807) is 18.2 Å². The average Bonchev–Trinajstić information content (AvgIpc) is 2.39. The van der Waals surface area contributed by atoms with Gasteiger partial charge in [0.2, 0.25) is 0 Å². The number of rotatable bonds is 3. The minimum absolute atomic E-state index is 0.511. The molecule has 0 saturated heterocycles. The summed E-state index contributed by atoms with van der Waals surface area (Å²) in [6.07, 6.45) is 0. The lowest BCUT2D eigenvalue weighted by molar-refractivity contribution is 1.32. The van der Waals surface area contributed by atoms with Crippen molar-refractivity contribution in [2.75, 3.05) is 5.43 Å². The molecule has 0 radical (unpaired) electrons. The molecule has 0 aliphatic carbocycles. The molecule has 0 aliphatic rings. The van der Waals surface area contributed by atoms with Crippen LogP contribution in [0.1, 0.15) is 12.5 Å². The number of hydrazone groups is 1. The fourth-order valence-electron chi connectivity index (χ4n) is 1.49. The molecule has 0 fully saturated rings. The van der Waals surface area contributed by atoms with E-state index in [2.05, 4.69) is 10.5 Å². The smallest absolute Gasteiger partial charge is 0.0649 e. The zero-order valence-electron chi connectivity index (χ0n) is 10.1. The van der Waals surface area contributed by atoms with E-state index < -0.39 is 0 Å². The SMILES string of the molecule is C/C(=N/Nc1cccc(Cl)c1)c1ccc(Cl)c(Cl)c1. The minimum Gasteiger partial charge on any atom is -0.278 e. The predicted molar refractivity (Wildman–Crippen MR) is 83.7 cm³/mol. The molecule has 0 unspecified atom stereocenters. The summed E-state index contributed by atoms with van der Waals surface area (Å²) in [4.78, 5) is 0. The molecule has 5 heteroatoms. The first kappa shape index (κ1) is 14.2. The Morgan fingerprint density at radius 2 is 1.79 bits per heavy atom. The molecule has 2 rings (SSSR count). The molecule has 2 aromatic carbocycles. The van der Waals surface area contributed by atoms with Crippen molar-refractivity contribution in [2.45, 2.75) is 6.92 Å². The third-order valence-corrected chi connectivity index (χ3v) is 3.49. The van der Waals surface area contributed by atoms with Gasteiger partial charge in [0.25, 0.3) is 0 Å². The highest BCUT2D eigenvalue weighted by atomic mass is 35.5. The molecule has 0 bridgehead atoms. The molecule has 19 heavy (non-hydrogen) atoms. The average molecular weight is 314 g/mol. The second-order valence-electron chi connectivity index (χ2n) is 3.95. The van der Waals surface area contributed by atoms with Gasteiger partial charge in [-0.25, -0.2) is 0 Å². The molecule has 0 atom stereocenters. The van der Waals surface area contributed by atoms with Crippen LogP contribution in [0.2, 0.25) is 15.1 Å². The molecular formula is C14H11Cl3N2. The van der Waals surface area contributed by atoms with Crippen molar-refractivity contribution >= 4 is 46.2 Å². The van der Waals surface area contributed by atoms with Gasteiger partial charge in [0.15, 0.2) is 0 Å². The maximum Gasteiger partial charge on any atom is 0.0649 e. The van der Waals surface area contributed by atoms with E-state index in [4.69, 9.17) is 34.8 Å².